The van der Waals surface area contributed by atoms with Gasteiger partial charge in [-0.05, 0) is 17.7 Å². The summed E-state index contributed by atoms with van der Waals surface area (Å²) in [5, 5.41) is 13.3. The molecule has 4 aromatic rings. The predicted octanol–water partition coefficient (Wildman–Crippen LogP) is 3.25. The van der Waals surface area contributed by atoms with Gasteiger partial charge in [-0.1, -0.05) is 60.7 Å². The van der Waals surface area contributed by atoms with Crippen molar-refractivity contribution in [1.82, 2.24) is 24.7 Å². The molecule has 0 unspecified atom stereocenters. The number of carbonyl (C=O) groups excluding carboxylic acids is 1. The van der Waals surface area contributed by atoms with Gasteiger partial charge in [-0.2, -0.15) is 4.52 Å². The lowest BCUT2D eigenvalue weighted by Crippen LogP contribution is -2.49. The van der Waals surface area contributed by atoms with Crippen LogP contribution in [-0.2, 0) is 11.3 Å². The molecule has 1 aliphatic rings. The number of piperazine rings is 1. The number of rotatable bonds is 4. The summed E-state index contributed by atoms with van der Waals surface area (Å²) < 4.78 is 7.22. The Kier molecular flexibility index (Phi) is 5.18. The van der Waals surface area contributed by atoms with Crippen LogP contribution in [-0.4, -0.2) is 57.0 Å². The summed E-state index contributed by atoms with van der Waals surface area (Å²) in [5.74, 6) is 1.54. The van der Waals surface area contributed by atoms with Crippen molar-refractivity contribution in [3.05, 3.63) is 78.4 Å². The molecule has 8 nitrogen and oxygen atoms in total. The van der Waals surface area contributed by atoms with Crippen LogP contribution in [0.1, 0.15) is 5.56 Å². The number of hydrogen-bond donors (Lipinski definition) is 0. The molecule has 5 rings (SSSR count). The van der Waals surface area contributed by atoms with Gasteiger partial charge in [-0.3, -0.25) is 0 Å². The minimum atomic E-state index is -0.280. The fraction of sp³-hybridized carbons (Fsp3) is 0.217. The Morgan fingerprint density at radius 2 is 1.55 bits per heavy atom. The molecule has 0 spiro atoms. The van der Waals surface area contributed by atoms with Gasteiger partial charge in [-0.15, -0.1) is 15.3 Å². The van der Waals surface area contributed by atoms with Crippen LogP contribution < -0.4 is 4.90 Å². The molecule has 0 atom stereocenters. The molecule has 0 aliphatic carbocycles. The van der Waals surface area contributed by atoms with E-state index >= 15 is 0 Å². The van der Waals surface area contributed by atoms with E-state index in [1.54, 1.807) is 9.42 Å². The zero-order chi connectivity index (χ0) is 21.0. The lowest BCUT2D eigenvalue weighted by molar-refractivity contribution is 0.0941. The number of fused-ring (bicyclic) bond motifs is 1. The molecular weight excluding hydrogens is 392 g/mol. The molecule has 0 saturated carbocycles. The fourth-order valence-electron chi connectivity index (χ4n) is 3.64. The molecule has 2 aromatic carbocycles. The van der Waals surface area contributed by atoms with Crippen LogP contribution >= 0.6 is 0 Å². The van der Waals surface area contributed by atoms with Gasteiger partial charge in [0.15, 0.2) is 11.5 Å². The number of benzene rings is 2. The Morgan fingerprint density at radius 3 is 2.29 bits per heavy atom. The Balaban J connectivity index is 1.24. The molecule has 31 heavy (non-hydrogen) atoms. The molecule has 1 aliphatic heterocycles. The average molecular weight is 414 g/mol. The predicted molar refractivity (Wildman–Crippen MR) is 117 cm³/mol. The van der Waals surface area contributed by atoms with Crippen LogP contribution in [0.2, 0.25) is 0 Å². The molecule has 1 saturated heterocycles. The van der Waals surface area contributed by atoms with E-state index in [-0.39, 0.29) is 12.7 Å². The van der Waals surface area contributed by atoms with Crippen LogP contribution in [0.4, 0.5) is 10.6 Å². The van der Waals surface area contributed by atoms with E-state index in [1.807, 2.05) is 72.8 Å². The van der Waals surface area contributed by atoms with Gasteiger partial charge in [0.05, 0.1) is 0 Å². The second-order valence-electron chi connectivity index (χ2n) is 7.37. The van der Waals surface area contributed by atoms with Crippen molar-refractivity contribution >= 4 is 17.6 Å². The highest BCUT2D eigenvalue weighted by atomic mass is 16.6. The molecule has 0 bridgehead atoms. The molecule has 2 aromatic heterocycles. The van der Waals surface area contributed by atoms with E-state index in [4.69, 9.17) is 9.84 Å². The highest BCUT2D eigenvalue weighted by Gasteiger charge is 2.23. The van der Waals surface area contributed by atoms with Crippen molar-refractivity contribution < 1.29 is 9.53 Å². The Labute approximate surface area is 179 Å². The zero-order valence-corrected chi connectivity index (χ0v) is 17.0. The summed E-state index contributed by atoms with van der Waals surface area (Å²) in [5.41, 5.74) is 2.64. The normalized spacial score (nSPS) is 14.1. The summed E-state index contributed by atoms with van der Waals surface area (Å²) >= 11 is 0. The monoisotopic (exact) mass is 414 g/mol. The summed E-state index contributed by atoms with van der Waals surface area (Å²) in [7, 11) is 0. The molecule has 156 valence electrons. The highest BCUT2D eigenvalue weighted by molar-refractivity contribution is 5.68. The van der Waals surface area contributed by atoms with Crippen molar-refractivity contribution in [3.8, 4) is 11.4 Å². The van der Waals surface area contributed by atoms with Gasteiger partial charge < -0.3 is 14.5 Å². The summed E-state index contributed by atoms with van der Waals surface area (Å²) in [4.78, 5) is 16.3. The van der Waals surface area contributed by atoms with Gasteiger partial charge in [0.2, 0.25) is 0 Å². The van der Waals surface area contributed by atoms with Crippen LogP contribution in [0.15, 0.2) is 72.8 Å². The first kappa shape index (κ1) is 19.0. The number of carbonyl (C=O) groups is 1. The SMILES string of the molecule is O=C(OCc1ccccc1)N1CCN(c2ccc3nnc(-c4ccccc4)n3n2)CC1. The van der Waals surface area contributed by atoms with E-state index in [9.17, 15) is 4.79 Å². The molecule has 0 N–H and O–H groups in total. The van der Waals surface area contributed by atoms with Crippen LogP contribution in [0.5, 0.6) is 0 Å². The highest BCUT2D eigenvalue weighted by Crippen LogP contribution is 2.20. The van der Waals surface area contributed by atoms with Crippen molar-refractivity contribution in [2.24, 2.45) is 0 Å². The first-order valence-corrected chi connectivity index (χ1v) is 10.3. The number of ether oxygens (including phenoxy) is 1. The molecule has 8 heteroatoms. The van der Waals surface area contributed by atoms with Crippen molar-refractivity contribution in [3.63, 3.8) is 0 Å². The first-order valence-electron chi connectivity index (χ1n) is 10.3. The lowest BCUT2D eigenvalue weighted by Gasteiger charge is -2.34. The van der Waals surface area contributed by atoms with Gasteiger partial charge in [0, 0.05) is 31.7 Å². The first-order chi connectivity index (χ1) is 15.3. The minimum Gasteiger partial charge on any atom is -0.445 e. The topological polar surface area (TPSA) is 75.9 Å². The van der Waals surface area contributed by atoms with Crippen molar-refractivity contribution in [2.75, 3.05) is 31.1 Å². The number of aromatic nitrogens is 4. The third-order valence-corrected chi connectivity index (χ3v) is 5.35. The van der Waals surface area contributed by atoms with Crippen molar-refractivity contribution in [1.29, 1.82) is 0 Å². The Bertz CT molecular complexity index is 1170. The van der Waals surface area contributed by atoms with Crippen molar-refractivity contribution in [2.45, 2.75) is 6.61 Å². The zero-order valence-electron chi connectivity index (χ0n) is 17.0. The van der Waals surface area contributed by atoms with Gasteiger partial charge >= 0.3 is 6.09 Å². The maximum absolute atomic E-state index is 12.4. The Morgan fingerprint density at radius 1 is 0.839 bits per heavy atom. The standard InChI is InChI=1S/C23H22N6O2/c30-23(31-17-18-7-3-1-4-8-18)28-15-13-27(14-16-28)21-12-11-20-24-25-22(29(20)26-21)19-9-5-2-6-10-19/h1-12H,13-17H2. The van der Waals surface area contributed by atoms with Crippen LogP contribution in [0.3, 0.4) is 0 Å². The number of hydrogen-bond acceptors (Lipinski definition) is 6. The number of nitrogens with zero attached hydrogens (tertiary/aromatic N) is 6. The smallest absolute Gasteiger partial charge is 0.410 e. The van der Waals surface area contributed by atoms with Crippen LogP contribution in [0.25, 0.3) is 17.0 Å². The summed E-state index contributed by atoms with van der Waals surface area (Å²) in [6.45, 7) is 2.82. The quantitative estimate of drug-likeness (QED) is 0.510. The fourth-order valence-corrected chi connectivity index (χ4v) is 3.64. The lowest BCUT2D eigenvalue weighted by atomic mass is 10.2. The summed E-state index contributed by atoms with van der Waals surface area (Å²) in [6, 6.07) is 23.5. The van der Waals surface area contributed by atoms with E-state index < -0.39 is 0 Å². The average Bonchev–Trinajstić information content (AvgIpc) is 3.27. The number of anilines is 1. The minimum absolute atomic E-state index is 0.280. The van der Waals surface area contributed by atoms with Gasteiger partial charge in [-0.25, -0.2) is 4.79 Å². The van der Waals surface area contributed by atoms with E-state index in [1.165, 1.54) is 0 Å². The summed E-state index contributed by atoms with van der Waals surface area (Å²) in [6.07, 6.45) is -0.280. The second kappa shape index (κ2) is 8.43. The Hall–Kier alpha value is -3.94. The molecule has 3 heterocycles. The van der Waals surface area contributed by atoms with E-state index in [0.29, 0.717) is 37.7 Å². The molecule has 0 radical (unpaired) electrons. The molecule has 1 amide bonds. The van der Waals surface area contributed by atoms with E-state index in [2.05, 4.69) is 15.1 Å². The molecular formula is C23H22N6O2. The maximum atomic E-state index is 12.4. The van der Waals surface area contributed by atoms with Crippen LogP contribution in [0, 0.1) is 0 Å². The largest absolute Gasteiger partial charge is 0.445 e. The third kappa shape index (κ3) is 4.05. The maximum Gasteiger partial charge on any atom is 0.410 e. The molecule has 1 fully saturated rings. The van der Waals surface area contributed by atoms with E-state index in [0.717, 1.165) is 16.9 Å². The number of amides is 1. The van der Waals surface area contributed by atoms with Gasteiger partial charge in [0.25, 0.3) is 0 Å². The van der Waals surface area contributed by atoms with Gasteiger partial charge in [0.1, 0.15) is 12.4 Å². The second-order valence-corrected chi connectivity index (χ2v) is 7.37. The third-order valence-electron chi connectivity index (χ3n) is 5.35.